The van der Waals surface area contributed by atoms with Gasteiger partial charge in [0, 0.05) is 18.5 Å². The summed E-state index contributed by atoms with van der Waals surface area (Å²) in [4.78, 5) is 26.3. The van der Waals surface area contributed by atoms with E-state index in [0.717, 1.165) is 11.1 Å². The largest absolute Gasteiger partial charge is 0.350 e. The van der Waals surface area contributed by atoms with Crippen LogP contribution in [0.1, 0.15) is 52.2 Å². The second kappa shape index (κ2) is 7.43. The Morgan fingerprint density at radius 1 is 1.27 bits per heavy atom. The fraction of sp³-hybridized carbons (Fsp3) is 0.556. The Morgan fingerprint density at radius 2 is 1.91 bits per heavy atom. The minimum atomic E-state index is -0.493. The number of amides is 2. The normalized spacial score (nSPS) is 12.6. The summed E-state index contributed by atoms with van der Waals surface area (Å²) in [6.07, 6.45) is 0.388. The Hall–Kier alpha value is -1.84. The number of nitrogens with zero attached hydrogens (tertiary/aromatic N) is 1. The highest BCUT2D eigenvalue weighted by Crippen LogP contribution is 2.13. The lowest BCUT2D eigenvalue weighted by atomic mass is 10.1. The molecule has 22 heavy (non-hydrogen) atoms. The molecule has 0 bridgehead atoms. The van der Waals surface area contributed by atoms with Crippen LogP contribution in [0.2, 0.25) is 0 Å². The van der Waals surface area contributed by atoms with Crippen LogP contribution in [0.25, 0.3) is 0 Å². The summed E-state index contributed by atoms with van der Waals surface area (Å²) in [5.74, 6) is -0.139. The number of aryl methyl sites for hydroxylation is 1. The van der Waals surface area contributed by atoms with Crippen molar-refractivity contribution in [3.05, 3.63) is 35.4 Å². The molecule has 0 saturated heterocycles. The highest BCUT2D eigenvalue weighted by Gasteiger charge is 2.27. The third kappa shape index (κ3) is 5.51. The molecular formula is C18H28N2O2. The zero-order chi connectivity index (χ0) is 16.9. The Kier molecular flexibility index (Phi) is 6.15. The van der Waals surface area contributed by atoms with Crippen molar-refractivity contribution in [2.24, 2.45) is 0 Å². The second-order valence-electron chi connectivity index (χ2n) is 6.78. The van der Waals surface area contributed by atoms with Gasteiger partial charge in [-0.3, -0.25) is 9.59 Å². The molecule has 0 unspecified atom stereocenters. The van der Waals surface area contributed by atoms with Gasteiger partial charge in [0.05, 0.1) is 0 Å². The molecule has 0 aliphatic heterocycles. The van der Waals surface area contributed by atoms with Crippen molar-refractivity contribution in [2.75, 3.05) is 0 Å². The van der Waals surface area contributed by atoms with Gasteiger partial charge in [0.2, 0.25) is 11.8 Å². The van der Waals surface area contributed by atoms with Crippen LogP contribution in [0.4, 0.5) is 0 Å². The molecule has 1 aromatic rings. The molecule has 0 saturated carbocycles. The maximum Gasteiger partial charge on any atom is 0.242 e. The van der Waals surface area contributed by atoms with E-state index in [2.05, 4.69) is 5.32 Å². The fourth-order valence-corrected chi connectivity index (χ4v) is 2.27. The van der Waals surface area contributed by atoms with E-state index in [1.54, 1.807) is 11.8 Å². The number of carbonyl (C=O) groups is 2. The molecule has 122 valence electrons. The third-order valence-corrected chi connectivity index (χ3v) is 3.40. The predicted molar refractivity (Wildman–Crippen MR) is 89.4 cm³/mol. The SMILES string of the molecule is CCC(=O)N(Cc1cccc(C)c1)[C@H](C)C(=O)NC(C)(C)C. The van der Waals surface area contributed by atoms with Gasteiger partial charge >= 0.3 is 0 Å². The topological polar surface area (TPSA) is 49.4 Å². The van der Waals surface area contributed by atoms with Crippen LogP contribution in [0.3, 0.4) is 0 Å². The average Bonchev–Trinajstić information content (AvgIpc) is 2.41. The van der Waals surface area contributed by atoms with Crippen molar-refractivity contribution in [3.63, 3.8) is 0 Å². The fourth-order valence-electron chi connectivity index (χ4n) is 2.27. The lowest BCUT2D eigenvalue weighted by Crippen LogP contribution is -2.52. The number of hydrogen-bond donors (Lipinski definition) is 1. The van der Waals surface area contributed by atoms with E-state index in [9.17, 15) is 9.59 Å². The van der Waals surface area contributed by atoms with Crippen LogP contribution in [0.5, 0.6) is 0 Å². The molecule has 1 N–H and O–H groups in total. The van der Waals surface area contributed by atoms with Gasteiger partial charge in [0.15, 0.2) is 0 Å². The Labute approximate surface area is 133 Å². The maximum atomic E-state index is 12.4. The number of hydrogen-bond acceptors (Lipinski definition) is 2. The molecule has 2 amide bonds. The van der Waals surface area contributed by atoms with Crippen molar-refractivity contribution in [2.45, 2.75) is 66.1 Å². The van der Waals surface area contributed by atoms with Crippen molar-refractivity contribution in [1.82, 2.24) is 10.2 Å². The molecule has 0 radical (unpaired) electrons. The zero-order valence-corrected chi connectivity index (χ0v) is 14.6. The quantitative estimate of drug-likeness (QED) is 0.909. The van der Waals surface area contributed by atoms with Gasteiger partial charge in [-0.15, -0.1) is 0 Å². The summed E-state index contributed by atoms with van der Waals surface area (Å²) in [6, 6.07) is 7.53. The summed E-state index contributed by atoms with van der Waals surface area (Å²) in [5, 5.41) is 2.94. The summed E-state index contributed by atoms with van der Waals surface area (Å²) in [5.41, 5.74) is 1.88. The molecule has 0 aliphatic carbocycles. The second-order valence-corrected chi connectivity index (χ2v) is 6.78. The molecule has 0 aromatic heterocycles. The lowest BCUT2D eigenvalue weighted by Gasteiger charge is -2.31. The third-order valence-electron chi connectivity index (χ3n) is 3.40. The van der Waals surface area contributed by atoms with Gasteiger partial charge in [-0.25, -0.2) is 0 Å². The van der Waals surface area contributed by atoms with E-state index >= 15 is 0 Å². The van der Waals surface area contributed by atoms with Crippen molar-refractivity contribution in [3.8, 4) is 0 Å². The van der Waals surface area contributed by atoms with Gasteiger partial charge in [-0.05, 0) is 40.2 Å². The first-order chi connectivity index (χ1) is 10.1. The number of benzene rings is 1. The average molecular weight is 304 g/mol. The first-order valence-corrected chi connectivity index (χ1v) is 7.81. The molecule has 1 atom stereocenters. The van der Waals surface area contributed by atoms with Crippen LogP contribution in [-0.2, 0) is 16.1 Å². The lowest BCUT2D eigenvalue weighted by molar-refractivity contribution is -0.141. The van der Waals surface area contributed by atoms with E-state index in [4.69, 9.17) is 0 Å². The van der Waals surface area contributed by atoms with Crippen LogP contribution >= 0.6 is 0 Å². The standard InChI is InChI=1S/C18H28N2O2/c1-7-16(21)20(12-15-10-8-9-13(2)11-15)14(3)17(22)19-18(4,5)6/h8-11,14H,7,12H2,1-6H3,(H,19,22)/t14-/m1/s1. The summed E-state index contributed by atoms with van der Waals surface area (Å²) < 4.78 is 0. The van der Waals surface area contributed by atoms with E-state index in [1.807, 2.05) is 58.9 Å². The van der Waals surface area contributed by atoms with E-state index in [0.29, 0.717) is 13.0 Å². The first kappa shape index (κ1) is 18.2. The molecule has 4 nitrogen and oxygen atoms in total. The van der Waals surface area contributed by atoms with E-state index in [1.165, 1.54) is 0 Å². The monoisotopic (exact) mass is 304 g/mol. The van der Waals surface area contributed by atoms with Gasteiger partial charge in [0.1, 0.15) is 6.04 Å². The molecule has 1 aromatic carbocycles. The summed E-state index contributed by atoms with van der Waals surface area (Å²) >= 11 is 0. The first-order valence-electron chi connectivity index (χ1n) is 7.81. The van der Waals surface area contributed by atoms with Crippen LogP contribution in [0.15, 0.2) is 24.3 Å². The minimum absolute atomic E-state index is 0.0157. The number of nitrogens with one attached hydrogen (secondary N) is 1. The molecular weight excluding hydrogens is 276 g/mol. The van der Waals surface area contributed by atoms with E-state index < -0.39 is 6.04 Å². The maximum absolute atomic E-state index is 12.4. The zero-order valence-electron chi connectivity index (χ0n) is 14.6. The Morgan fingerprint density at radius 3 is 2.41 bits per heavy atom. The summed E-state index contributed by atoms with van der Waals surface area (Å²) in [7, 11) is 0. The van der Waals surface area contributed by atoms with Crippen LogP contribution in [0, 0.1) is 6.92 Å². The summed E-state index contributed by atoms with van der Waals surface area (Å²) in [6.45, 7) is 11.9. The molecule has 4 heteroatoms. The van der Waals surface area contributed by atoms with Crippen LogP contribution in [-0.4, -0.2) is 28.3 Å². The molecule has 0 heterocycles. The van der Waals surface area contributed by atoms with Gasteiger partial charge in [-0.1, -0.05) is 36.8 Å². The van der Waals surface area contributed by atoms with Crippen molar-refractivity contribution < 1.29 is 9.59 Å². The predicted octanol–water partition coefficient (Wildman–Crippen LogP) is 3.04. The molecule has 0 aliphatic rings. The number of carbonyl (C=O) groups excluding carboxylic acids is 2. The van der Waals surface area contributed by atoms with Crippen LogP contribution < -0.4 is 5.32 Å². The highest BCUT2D eigenvalue weighted by atomic mass is 16.2. The molecule has 0 fully saturated rings. The van der Waals surface area contributed by atoms with Gasteiger partial charge in [0.25, 0.3) is 0 Å². The van der Waals surface area contributed by atoms with Crippen molar-refractivity contribution in [1.29, 1.82) is 0 Å². The van der Waals surface area contributed by atoms with Gasteiger partial charge < -0.3 is 10.2 Å². The molecule has 0 spiro atoms. The molecule has 1 rings (SSSR count). The highest BCUT2D eigenvalue weighted by molar-refractivity contribution is 5.87. The van der Waals surface area contributed by atoms with Gasteiger partial charge in [-0.2, -0.15) is 0 Å². The van der Waals surface area contributed by atoms with Crippen molar-refractivity contribution >= 4 is 11.8 Å². The smallest absolute Gasteiger partial charge is 0.242 e. The Bertz CT molecular complexity index is 532. The van der Waals surface area contributed by atoms with E-state index in [-0.39, 0.29) is 17.4 Å². The minimum Gasteiger partial charge on any atom is -0.350 e. The Balaban J connectivity index is 2.93. The number of rotatable bonds is 5.